The minimum absolute atomic E-state index is 0.0795. The molecule has 0 saturated carbocycles. The summed E-state index contributed by atoms with van der Waals surface area (Å²) in [6, 6.07) is 11.9. The Morgan fingerprint density at radius 2 is 1.89 bits per heavy atom. The fourth-order valence-electron chi connectivity index (χ4n) is 3.18. The number of halogens is 1. The second-order valence-corrected chi connectivity index (χ2v) is 8.86. The zero-order chi connectivity index (χ0) is 20.3. The van der Waals surface area contributed by atoms with Gasteiger partial charge in [0.1, 0.15) is 0 Å². The normalized spacial score (nSPS) is 11.4. The van der Waals surface area contributed by atoms with Crippen molar-refractivity contribution >= 4 is 44.2 Å². The molecule has 0 fully saturated rings. The third kappa shape index (κ3) is 5.10. The van der Waals surface area contributed by atoms with E-state index in [-0.39, 0.29) is 5.91 Å². The van der Waals surface area contributed by atoms with Crippen molar-refractivity contribution in [2.24, 2.45) is 0 Å². The topological polar surface area (TPSA) is 36.4 Å². The summed E-state index contributed by atoms with van der Waals surface area (Å²) >= 11 is 7.64. The van der Waals surface area contributed by atoms with Crippen LogP contribution in [0.15, 0.2) is 36.4 Å². The Bertz CT molecular complexity index is 983. The second kappa shape index (κ2) is 9.03. The van der Waals surface area contributed by atoms with Crippen molar-refractivity contribution in [3.05, 3.63) is 58.1 Å². The molecule has 28 heavy (non-hydrogen) atoms. The molecular weight excluding hydrogens is 390 g/mol. The van der Waals surface area contributed by atoms with Crippen molar-refractivity contribution < 1.29 is 4.79 Å². The number of anilines is 1. The summed E-state index contributed by atoms with van der Waals surface area (Å²) in [4.78, 5) is 21.9. The molecule has 0 unspecified atom stereocenters. The number of benzene rings is 2. The first kappa shape index (κ1) is 20.8. The third-order valence-electron chi connectivity index (χ3n) is 4.70. The predicted octanol–water partition coefficient (Wildman–Crippen LogP) is 5.09. The lowest BCUT2D eigenvalue weighted by Gasteiger charge is -2.21. The van der Waals surface area contributed by atoms with Gasteiger partial charge in [0.25, 0.3) is 0 Å². The van der Waals surface area contributed by atoms with Crippen LogP contribution in [0.4, 0.5) is 5.13 Å². The van der Waals surface area contributed by atoms with E-state index in [0.29, 0.717) is 18.0 Å². The predicted molar refractivity (Wildman–Crippen MR) is 120 cm³/mol. The molecule has 148 valence electrons. The molecule has 0 radical (unpaired) electrons. The molecule has 0 N–H and O–H groups in total. The van der Waals surface area contributed by atoms with E-state index in [1.165, 1.54) is 16.9 Å². The summed E-state index contributed by atoms with van der Waals surface area (Å²) < 4.78 is 0.999. The number of rotatable bonds is 7. The Morgan fingerprint density at radius 3 is 2.61 bits per heavy atom. The standard InChI is InChI=1S/C22H26ClN3OS/c1-15-6-7-17(16(2)12-15)13-21(27)26(11-5-10-25(3)4)22-24-19-9-8-18(23)14-20(19)28-22/h6-9,12,14H,5,10-11,13H2,1-4H3. The first-order chi connectivity index (χ1) is 13.3. The molecule has 3 rings (SSSR count). The molecule has 3 aromatic rings. The van der Waals surface area contributed by atoms with Crippen LogP contribution in [0.1, 0.15) is 23.1 Å². The maximum absolute atomic E-state index is 13.2. The maximum atomic E-state index is 13.2. The van der Waals surface area contributed by atoms with Crippen molar-refractivity contribution in [2.45, 2.75) is 26.7 Å². The summed E-state index contributed by atoms with van der Waals surface area (Å²) in [5.74, 6) is 0.0795. The second-order valence-electron chi connectivity index (χ2n) is 7.42. The molecule has 6 heteroatoms. The van der Waals surface area contributed by atoms with Crippen LogP contribution in [0.2, 0.25) is 5.02 Å². The zero-order valence-corrected chi connectivity index (χ0v) is 18.4. The molecule has 1 amide bonds. The van der Waals surface area contributed by atoms with E-state index in [9.17, 15) is 4.79 Å². The summed E-state index contributed by atoms with van der Waals surface area (Å²) in [5.41, 5.74) is 4.30. The lowest BCUT2D eigenvalue weighted by molar-refractivity contribution is -0.118. The molecule has 0 bridgehead atoms. The molecule has 0 aliphatic carbocycles. The quantitative estimate of drug-likeness (QED) is 0.539. The number of hydrogen-bond acceptors (Lipinski definition) is 4. The van der Waals surface area contributed by atoms with Crippen LogP contribution in [0.5, 0.6) is 0 Å². The fourth-order valence-corrected chi connectivity index (χ4v) is 4.46. The fraction of sp³-hybridized carbons (Fsp3) is 0.364. The van der Waals surface area contributed by atoms with Crippen LogP contribution in [0, 0.1) is 13.8 Å². The van der Waals surface area contributed by atoms with Crippen molar-refractivity contribution in [2.75, 3.05) is 32.1 Å². The number of thiazole rings is 1. The Labute approximate surface area is 175 Å². The largest absolute Gasteiger partial charge is 0.309 e. The van der Waals surface area contributed by atoms with Gasteiger partial charge >= 0.3 is 0 Å². The molecule has 4 nitrogen and oxygen atoms in total. The van der Waals surface area contributed by atoms with Gasteiger partial charge in [0, 0.05) is 11.6 Å². The SMILES string of the molecule is Cc1ccc(CC(=O)N(CCCN(C)C)c2nc3ccc(Cl)cc3s2)c(C)c1. The highest BCUT2D eigenvalue weighted by Crippen LogP contribution is 2.31. The number of aromatic nitrogens is 1. The van der Waals surface area contributed by atoms with Crippen LogP contribution >= 0.6 is 22.9 Å². The smallest absolute Gasteiger partial charge is 0.233 e. The van der Waals surface area contributed by atoms with Crippen LogP contribution < -0.4 is 4.90 Å². The van der Waals surface area contributed by atoms with Gasteiger partial charge in [-0.2, -0.15) is 0 Å². The monoisotopic (exact) mass is 415 g/mol. The van der Waals surface area contributed by atoms with Crippen LogP contribution in [-0.2, 0) is 11.2 Å². The molecule has 0 aliphatic heterocycles. The minimum atomic E-state index is 0.0795. The maximum Gasteiger partial charge on any atom is 0.233 e. The first-order valence-electron chi connectivity index (χ1n) is 9.41. The molecule has 0 aliphatic rings. The molecule has 1 aromatic heterocycles. The Hall–Kier alpha value is -1.95. The number of carbonyl (C=O) groups is 1. The molecule has 2 aromatic carbocycles. The van der Waals surface area contributed by atoms with Gasteiger partial charge in [0.05, 0.1) is 16.6 Å². The van der Waals surface area contributed by atoms with Gasteiger partial charge in [-0.3, -0.25) is 9.69 Å². The summed E-state index contributed by atoms with van der Waals surface area (Å²) in [6.45, 7) is 5.70. The van der Waals surface area contributed by atoms with E-state index in [4.69, 9.17) is 16.6 Å². The van der Waals surface area contributed by atoms with Gasteiger partial charge in [0.2, 0.25) is 5.91 Å². The highest BCUT2D eigenvalue weighted by Gasteiger charge is 2.20. The van der Waals surface area contributed by atoms with Gasteiger partial charge in [-0.25, -0.2) is 4.98 Å². The van der Waals surface area contributed by atoms with E-state index in [1.54, 1.807) is 0 Å². The zero-order valence-electron chi connectivity index (χ0n) is 16.8. The lowest BCUT2D eigenvalue weighted by Crippen LogP contribution is -2.34. The van der Waals surface area contributed by atoms with Gasteiger partial charge in [-0.15, -0.1) is 0 Å². The highest BCUT2D eigenvalue weighted by atomic mass is 35.5. The van der Waals surface area contributed by atoms with E-state index >= 15 is 0 Å². The number of amides is 1. The number of nitrogens with zero attached hydrogens (tertiary/aromatic N) is 3. The summed E-state index contributed by atoms with van der Waals surface area (Å²) in [5, 5.41) is 1.43. The number of hydrogen-bond donors (Lipinski definition) is 0. The number of carbonyl (C=O) groups excluding carboxylic acids is 1. The van der Waals surface area contributed by atoms with Crippen LogP contribution in [0.25, 0.3) is 10.2 Å². The van der Waals surface area contributed by atoms with E-state index < -0.39 is 0 Å². The average molecular weight is 416 g/mol. The third-order valence-corrected chi connectivity index (χ3v) is 5.97. The van der Waals surface area contributed by atoms with Gasteiger partial charge in [0.15, 0.2) is 5.13 Å². The van der Waals surface area contributed by atoms with Gasteiger partial charge in [-0.1, -0.05) is 46.7 Å². The van der Waals surface area contributed by atoms with Gasteiger partial charge < -0.3 is 4.90 Å². The average Bonchev–Trinajstić information content (AvgIpc) is 3.03. The minimum Gasteiger partial charge on any atom is -0.309 e. The van der Waals surface area contributed by atoms with E-state index in [0.717, 1.165) is 39.4 Å². The Kier molecular flexibility index (Phi) is 6.70. The number of fused-ring (bicyclic) bond motifs is 1. The molecule has 0 spiro atoms. The molecule has 0 atom stereocenters. The molecular formula is C22H26ClN3OS. The van der Waals surface area contributed by atoms with Crippen LogP contribution in [-0.4, -0.2) is 43.0 Å². The Morgan fingerprint density at radius 1 is 1.11 bits per heavy atom. The van der Waals surface area contributed by atoms with Crippen LogP contribution in [0.3, 0.4) is 0 Å². The van der Waals surface area contributed by atoms with Crippen molar-refractivity contribution in [3.8, 4) is 0 Å². The Balaban J connectivity index is 1.87. The first-order valence-corrected chi connectivity index (χ1v) is 10.6. The van der Waals surface area contributed by atoms with Gasteiger partial charge in [-0.05, 0) is 70.2 Å². The van der Waals surface area contributed by atoms with Crippen molar-refractivity contribution in [1.82, 2.24) is 9.88 Å². The van der Waals surface area contributed by atoms with Crippen molar-refractivity contribution in [3.63, 3.8) is 0 Å². The van der Waals surface area contributed by atoms with E-state index in [1.807, 2.05) is 37.2 Å². The number of aryl methyl sites for hydroxylation is 2. The molecule has 0 saturated heterocycles. The molecule has 1 heterocycles. The highest BCUT2D eigenvalue weighted by molar-refractivity contribution is 7.22. The summed E-state index contributed by atoms with van der Waals surface area (Å²) in [7, 11) is 4.09. The summed E-state index contributed by atoms with van der Waals surface area (Å²) in [6.07, 6.45) is 1.27. The van der Waals surface area contributed by atoms with Crippen molar-refractivity contribution in [1.29, 1.82) is 0 Å². The lowest BCUT2D eigenvalue weighted by atomic mass is 10.0. The van der Waals surface area contributed by atoms with E-state index in [2.05, 4.69) is 36.9 Å².